The summed E-state index contributed by atoms with van der Waals surface area (Å²) in [5, 5.41) is 6.97. The number of carbonyl (C=O) groups excluding carboxylic acids is 2. The van der Waals surface area contributed by atoms with E-state index in [4.69, 9.17) is 16.3 Å². The van der Waals surface area contributed by atoms with Gasteiger partial charge in [0.2, 0.25) is 0 Å². The average molecular weight is 483 g/mol. The Kier molecular flexibility index (Phi) is 7.36. The van der Waals surface area contributed by atoms with Crippen LogP contribution in [-0.4, -0.2) is 18.4 Å². The molecule has 33 heavy (non-hydrogen) atoms. The van der Waals surface area contributed by atoms with Gasteiger partial charge in [-0.1, -0.05) is 54.9 Å². The molecular weight excluding hydrogens is 456 g/mol. The Balaban J connectivity index is 1.50. The second-order valence-corrected chi connectivity index (χ2v) is 10.0. The quantitative estimate of drug-likeness (QED) is 0.448. The summed E-state index contributed by atoms with van der Waals surface area (Å²) in [5.41, 5.74) is 3.66. The lowest BCUT2D eigenvalue weighted by molar-refractivity contribution is -0.118. The molecule has 2 aromatic carbocycles. The van der Waals surface area contributed by atoms with Gasteiger partial charge in [-0.05, 0) is 60.9 Å². The highest BCUT2D eigenvalue weighted by Gasteiger charge is 2.28. The molecule has 0 saturated carbocycles. The van der Waals surface area contributed by atoms with Gasteiger partial charge in [-0.2, -0.15) is 0 Å². The van der Waals surface area contributed by atoms with E-state index < -0.39 is 0 Å². The number of rotatable bonds is 7. The third-order valence-electron chi connectivity index (χ3n) is 5.73. The summed E-state index contributed by atoms with van der Waals surface area (Å²) >= 11 is 7.66. The SMILES string of the molecule is Cc1ccc(Cl)c(OCC(=O)Nc2sc3c(c2C(=O)NCc2ccccc2)CCC(C)C3)c1. The molecule has 1 aromatic heterocycles. The molecule has 1 aliphatic carbocycles. The lowest BCUT2D eigenvalue weighted by Gasteiger charge is -2.18. The van der Waals surface area contributed by atoms with Crippen LogP contribution in [0.25, 0.3) is 0 Å². The summed E-state index contributed by atoms with van der Waals surface area (Å²) < 4.78 is 5.64. The Bertz CT molecular complexity index is 1160. The number of ether oxygens (including phenoxy) is 1. The van der Waals surface area contributed by atoms with Crippen LogP contribution in [0.5, 0.6) is 5.75 Å². The third-order valence-corrected chi connectivity index (χ3v) is 7.22. The number of benzene rings is 2. The predicted molar refractivity (Wildman–Crippen MR) is 133 cm³/mol. The van der Waals surface area contributed by atoms with Crippen molar-refractivity contribution >= 4 is 39.8 Å². The van der Waals surface area contributed by atoms with Crippen LogP contribution in [0.4, 0.5) is 5.00 Å². The zero-order valence-corrected chi connectivity index (χ0v) is 20.3. The number of aryl methyl sites for hydroxylation is 1. The van der Waals surface area contributed by atoms with Gasteiger partial charge in [0.05, 0.1) is 10.6 Å². The van der Waals surface area contributed by atoms with E-state index in [1.807, 2.05) is 43.3 Å². The smallest absolute Gasteiger partial charge is 0.262 e. The molecule has 0 spiro atoms. The van der Waals surface area contributed by atoms with Crippen LogP contribution in [0.2, 0.25) is 5.02 Å². The standard InChI is InChI=1S/C26H27ClN2O3S/c1-16-9-11-20(27)21(12-16)32-15-23(30)29-26-24(19-10-8-17(2)13-22(19)33-26)25(31)28-14-18-6-4-3-5-7-18/h3-7,9,11-12,17H,8,10,13-15H2,1-2H3,(H,28,31)(H,29,30). The van der Waals surface area contributed by atoms with Gasteiger partial charge in [-0.15, -0.1) is 11.3 Å². The van der Waals surface area contributed by atoms with Crippen molar-refractivity contribution in [3.63, 3.8) is 0 Å². The summed E-state index contributed by atoms with van der Waals surface area (Å²) in [6.45, 7) is 4.40. The minimum Gasteiger partial charge on any atom is -0.482 e. The highest BCUT2D eigenvalue weighted by Crippen LogP contribution is 2.39. The van der Waals surface area contributed by atoms with Crippen LogP contribution in [0.15, 0.2) is 48.5 Å². The van der Waals surface area contributed by atoms with Crippen molar-refractivity contribution in [3.05, 3.63) is 80.7 Å². The van der Waals surface area contributed by atoms with E-state index in [-0.39, 0.29) is 18.4 Å². The van der Waals surface area contributed by atoms with Gasteiger partial charge < -0.3 is 15.4 Å². The Morgan fingerprint density at radius 2 is 1.97 bits per heavy atom. The first kappa shape index (κ1) is 23.3. The van der Waals surface area contributed by atoms with Crippen LogP contribution in [-0.2, 0) is 24.2 Å². The molecule has 1 atom stereocenters. The Morgan fingerprint density at radius 3 is 2.76 bits per heavy atom. The molecule has 0 radical (unpaired) electrons. The van der Waals surface area contributed by atoms with E-state index in [1.54, 1.807) is 12.1 Å². The van der Waals surface area contributed by atoms with Gasteiger partial charge in [0.15, 0.2) is 6.61 Å². The van der Waals surface area contributed by atoms with E-state index in [0.717, 1.165) is 36.0 Å². The van der Waals surface area contributed by atoms with Gasteiger partial charge in [0.25, 0.3) is 11.8 Å². The maximum Gasteiger partial charge on any atom is 0.262 e. The van der Waals surface area contributed by atoms with Crippen molar-refractivity contribution in [1.82, 2.24) is 5.32 Å². The summed E-state index contributed by atoms with van der Waals surface area (Å²) in [7, 11) is 0. The molecular formula is C26H27ClN2O3S. The number of anilines is 1. The molecule has 172 valence electrons. The molecule has 3 aromatic rings. The monoisotopic (exact) mass is 482 g/mol. The van der Waals surface area contributed by atoms with Crippen LogP contribution >= 0.6 is 22.9 Å². The molecule has 1 unspecified atom stereocenters. The number of fused-ring (bicyclic) bond motifs is 1. The van der Waals surface area contributed by atoms with Crippen molar-refractivity contribution in [2.24, 2.45) is 5.92 Å². The minimum absolute atomic E-state index is 0.163. The molecule has 0 saturated heterocycles. The largest absolute Gasteiger partial charge is 0.482 e. The van der Waals surface area contributed by atoms with Crippen molar-refractivity contribution < 1.29 is 14.3 Å². The Hall–Kier alpha value is -2.83. The summed E-state index contributed by atoms with van der Waals surface area (Å²) in [5.74, 6) is 0.541. The highest BCUT2D eigenvalue weighted by atomic mass is 35.5. The molecule has 1 heterocycles. The summed E-state index contributed by atoms with van der Waals surface area (Å²) in [6.07, 6.45) is 2.79. The number of hydrogen-bond acceptors (Lipinski definition) is 4. The van der Waals surface area contributed by atoms with Crippen LogP contribution in [0.1, 0.15) is 45.3 Å². The topological polar surface area (TPSA) is 67.4 Å². The normalized spacial score (nSPS) is 14.9. The maximum absolute atomic E-state index is 13.2. The van der Waals surface area contributed by atoms with Gasteiger partial charge in [0.1, 0.15) is 10.8 Å². The molecule has 2 amide bonds. The summed E-state index contributed by atoms with van der Waals surface area (Å²) in [6, 6.07) is 15.2. The molecule has 1 aliphatic rings. The fraction of sp³-hybridized carbons (Fsp3) is 0.308. The van der Waals surface area contributed by atoms with Gasteiger partial charge in [-0.25, -0.2) is 0 Å². The van der Waals surface area contributed by atoms with Gasteiger partial charge in [0, 0.05) is 11.4 Å². The van der Waals surface area contributed by atoms with Crippen molar-refractivity contribution in [1.29, 1.82) is 0 Å². The summed E-state index contributed by atoms with van der Waals surface area (Å²) in [4.78, 5) is 27.1. The molecule has 0 fully saturated rings. The van der Waals surface area contributed by atoms with E-state index >= 15 is 0 Å². The molecule has 2 N–H and O–H groups in total. The van der Waals surface area contributed by atoms with E-state index in [9.17, 15) is 9.59 Å². The molecule has 4 rings (SSSR count). The number of amides is 2. The fourth-order valence-electron chi connectivity index (χ4n) is 3.97. The highest BCUT2D eigenvalue weighted by molar-refractivity contribution is 7.17. The lowest BCUT2D eigenvalue weighted by atomic mass is 9.88. The number of carbonyl (C=O) groups is 2. The van der Waals surface area contributed by atoms with E-state index in [2.05, 4.69) is 17.6 Å². The zero-order valence-electron chi connectivity index (χ0n) is 18.7. The van der Waals surface area contributed by atoms with Crippen molar-refractivity contribution in [2.45, 2.75) is 39.7 Å². The Labute approximate surface area is 203 Å². The number of thiophene rings is 1. The Morgan fingerprint density at radius 1 is 1.18 bits per heavy atom. The van der Waals surface area contributed by atoms with Gasteiger partial charge >= 0.3 is 0 Å². The zero-order chi connectivity index (χ0) is 23.4. The molecule has 0 aliphatic heterocycles. The van der Waals surface area contributed by atoms with Crippen LogP contribution < -0.4 is 15.4 Å². The van der Waals surface area contributed by atoms with Crippen LogP contribution in [0.3, 0.4) is 0 Å². The maximum atomic E-state index is 13.2. The van der Waals surface area contributed by atoms with E-state index in [1.165, 1.54) is 16.2 Å². The number of nitrogens with one attached hydrogen (secondary N) is 2. The predicted octanol–water partition coefficient (Wildman–Crippen LogP) is 5.78. The van der Waals surface area contributed by atoms with Crippen molar-refractivity contribution in [3.8, 4) is 5.75 Å². The number of halogens is 1. The minimum atomic E-state index is -0.323. The molecule has 0 bridgehead atoms. The first-order valence-corrected chi connectivity index (χ1v) is 12.3. The number of hydrogen-bond donors (Lipinski definition) is 2. The van der Waals surface area contributed by atoms with Gasteiger partial charge in [-0.3, -0.25) is 9.59 Å². The first-order valence-electron chi connectivity index (χ1n) is 11.1. The molecule has 7 heteroatoms. The third kappa shape index (κ3) is 5.75. The molecule has 5 nitrogen and oxygen atoms in total. The second kappa shape index (κ2) is 10.4. The van der Waals surface area contributed by atoms with Crippen LogP contribution in [0, 0.1) is 12.8 Å². The average Bonchev–Trinajstić information content (AvgIpc) is 3.15. The fourth-order valence-corrected chi connectivity index (χ4v) is 5.57. The second-order valence-electron chi connectivity index (χ2n) is 8.49. The first-order chi connectivity index (χ1) is 15.9. The lowest BCUT2D eigenvalue weighted by Crippen LogP contribution is -2.26. The van der Waals surface area contributed by atoms with E-state index in [0.29, 0.717) is 33.8 Å². The van der Waals surface area contributed by atoms with Crippen molar-refractivity contribution in [2.75, 3.05) is 11.9 Å².